The minimum Gasteiger partial charge on any atom is -0.356 e. The number of hydrogen-bond acceptors (Lipinski definition) is 4. The van der Waals surface area contributed by atoms with Crippen molar-refractivity contribution in [2.24, 2.45) is 12.5 Å². The Balaban J connectivity index is 1.55. The molecule has 126 valence electrons. The van der Waals surface area contributed by atoms with Crippen molar-refractivity contribution in [1.82, 2.24) is 20.0 Å². The number of carbonyl (C=O) groups is 2. The number of aryl methyl sites for hydroxylation is 1. The van der Waals surface area contributed by atoms with Gasteiger partial charge in [0.1, 0.15) is 0 Å². The molecule has 7 heteroatoms. The predicted octanol–water partition coefficient (Wildman–Crippen LogP) is 1.89. The van der Waals surface area contributed by atoms with Gasteiger partial charge in [-0.05, 0) is 36.8 Å². The van der Waals surface area contributed by atoms with E-state index in [-0.39, 0.29) is 17.2 Å². The van der Waals surface area contributed by atoms with Gasteiger partial charge in [0.15, 0.2) is 5.69 Å². The molecule has 1 N–H and O–H groups in total. The first kappa shape index (κ1) is 15.4. The molecule has 4 heterocycles. The molecular formula is C17H20N4O2S. The molecule has 2 aromatic rings. The van der Waals surface area contributed by atoms with Crippen LogP contribution < -0.4 is 5.32 Å². The number of carbonyl (C=O) groups excluding carboxylic acids is 2. The van der Waals surface area contributed by atoms with Gasteiger partial charge in [-0.15, -0.1) is 11.3 Å². The van der Waals surface area contributed by atoms with Gasteiger partial charge in [0.2, 0.25) is 5.91 Å². The molecule has 0 aromatic carbocycles. The van der Waals surface area contributed by atoms with E-state index >= 15 is 0 Å². The maximum Gasteiger partial charge on any atom is 0.274 e. The second-order valence-corrected chi connectivity index (χ2v) is 7.58. The molecule has 0 bridgehead atoms. The lowest BCUT2D eigenvalue weighted by atomic mass is 9.79. The Labute approximate surface area is 144 Å². The quantitative estimate of drug-likeness (QED) is 0.905. The predicted molar refractivity (Wildman–Crippen MR) is 91.7 cm³/mol. The van der Waals surface area contributed by atoms with E-state index in [2.05, 4.69) is 10.4 Å². The van der Waals surface area contributed by atoms with Gasteiger partial charge in [-0.3, -0.25) is 14.3 Å². The molecule has 1 atom stereocenters. The summed E-state index contributed by atoms with van der Waals surface area (Å²) in [4.78, 5) is 28.0. The second kappa shape index (κ2) is 5.73. The summed E-state index contributed by atoms with van der Waals surface area (Å²) < 4.78 is 1.75. The number of aromatic nitrogens is 2. The fourth-order valence-corrected chi connectivity index (χ4v) is 4.53. The summed E-state index contributed by atoms with van der Waals surface area (Å²) in [6.07, 6.45) is 2.60. The summed E-state index contributed by atoms with van der Waals surface area (Å²) in [6, 6.07) is 5.85. The third kappa shape index (κ3) is 2.43. The van der Waals surface area contributed by atoms with Gasteiger partial charge in [0.05, 0.1) is 16.0 Å². The number of rotatable bonds is 2. The average Bonchev–Trinajstić information content (AvgIpc) is 3.30. The highest BCUT2D eigenvalue weighted by Gasteiger charge is 2.47. The van der Waals surface area contributed by atoms with Gasteiger partial charge in [0, 0.05) is 26.7 Å². The molecule has 2 aliphatic rings. The molecule has 0 aliphatic carbocycles. The topological polar surface area (TPSA) is 67.2 Å². The van der Waals surface area contributed by atoms with E-state index in [1.165, 1.54) is 0 Å². The number of amides is 2. The fourth-order valence-electron chi connectivity index (χ4n) is 3.75. The van der Waals surface area contributed by atoms with Crippen LogP contribution in [0.5, 0.6) is 0 Å². The highest BCUT2D eigenvalue weighted by molar-refractivity contribution is 7.13. The van der Waals surface area contributed by atoms with Crippen molar-refractivity contribution in [3.05, 3.63) is 29.3 Å². The van der Waals surface area contributed by atoms with Crippen LogP contribution in [0.15, 0.2) is 23.6 Å². The Morgan fingerprint density at radius 2 is 2.29 bits per heavy atom. The van der Waals surface area contributed by atoms with E-state index in [1.54, 1.807) is 20.9 Å². The molecule has 2 amide bonds. The number of hydrogen-bond donors (Lipinski definition) is 1. The largest absolute Gasteiger partial charge is 0.356 e. The van der Waals surface area contributed by atoms with Gasteiger partial charge < -0.3 is 10.2 Å². The Morgan fingerprint density at radius 3 is 3.04 bits per heavy atom. The van der Waals surface area contributed by atoms with Crippen LogP contribution >= 0.6 is 11.3 Å². The first-order valence-electron chi connectivity index (χ1n) is 8.25. The number of nitrogens with one attached hydrogen (secondary N) is 1. The third-order valence-corrected chi connectivity index (χ3v) is 6.01. The van der Waals surface area contributed by atoms with Crippen molar-refractivity contribution in [3.8, 4) is 10.6 Å². The molecule has 4 rings (SSSR count). The van der Waals surface area contributed by atoms with Crippen molar-refractivity contribution in [2.45, 2.75) is 19.3 Å². The minimum atomic E-state index is -0.390. The SMILES string of the molecule is Cn1nc(C(=O)N2CCC3(CCCNC3=O)C2)cc1-c1cccs1. The lowest BCUT2D eigenvalue weighted by Crippen LogP contribution is -2.47. The molecule has 6 nitrogen and oxygen atoms in total. The van der Waals surface area contributed by atoms with Crippen LogP contribution in [0.25, 0.3) is 10.6 Å². The fraction of sp³-hybridized carbons (Fsp3) is 0.471. The summed E-state index contributed by atoms with van der Waals surface area (Å²) in [7, 11) is 1.85. The summed E-state index contributed by atoms with van der Waals surface area (Å²) >= 11 is 1.63. The smallest absolute Gasteiger partial charge is 0.274 e. The van der Waals surface area contributed by atoms with Gasteiger partial charge in [-0.1, -0.05) is 6.07 Å². The number of piperidine rings is 1. The van der Waals surface area contributed by atoms with Gasteiger partial charge >= 0.3 is 0 Å². The summed E-state index contributed by atoms with van der Waals surface area (Å²) in [6.45, 7) is 1.87. The zero-order valence-corrected chi connectivity index (χ0v) is 14.4. The molecule has 0 radical (unpaired) electrons. The molecule has 0 saturated carbocycles. The van der Waals surface area contributed by atoms with Gasteiger partial charge in [-0.2, -0.15) is 5.10 Å². The molecule has 2 fully saturated rings. The van der Waals surface area contributed by atoms with E-state index in [1.807, 2.05) is 30.6 Å². The molecular weight excluding hydrogens is 324 g/mol. The van der Waals surface area contributed by atoms with Crippen molar-refractivity contribution < 1.29 is 9.59 Å². The summed E-state index contributed by atoms with van der Waals surface area (Å²) in [5.41, 5.74) is 1.01. The maximum absolute atomic E-state index is 12.8. The molecule has 1 spiro atoms. The number of nitrogens with zero attached hydrogens (tertiary/aromatic N) is 3. The van der Waals surface area contributed by atoms with Crippen LogP contribution in [0.1, 0.15) is 29.8 Å². The molecule has 2 saturated heterocycles. The van der Waals surface area contributed by atoms with Gasteiger partial charge in [0.25, 0.3) is 5.91 Å². The minimum absolute atomic E-state index is 0.0799. The first-order valence-corrected chi connectivity index (χ1v) is 9.13. The van der Waals surface area contributed by atoms with Gasteiger partial charge in [-0.25, -0.2) is 0 Å². The standard InChI is InChI=1S/C17H20N4O2S/c1-20-13(14-4-2-9-24-14)10-12(19-20)15(22)21-8-6-17(11-21)5-3-7-18-16(17)23/h2,4,9-10H,3,5-8,11H2,1H3,(H,18,23). The van der Waals surface area contributed by atoms with Crippen molar-refractivity contribution in [3.63, 3.8) is 0 Å². The summed E-state index contributed by atoms with van der Waals surface area (Å²) in [5.74, 6) is 0.0213. The van der Waals surface area contributed by atoms with Crippen LogP contribution in [0.3, 0.4) is 0 Å². The van der Waals surface area contributed by atoms with Crippen LogP contribution in [0.4, 0.5) is 0 Å². The molecule has 24 heavy (non-hydrogen) atoms. The van der Waals surface area contributed by atoms with Crippen molar-refractivity contribution in [1.29, 1.82) is 0 Å². The van der Waals surface area contributed by atoms with E-state index in [0.29, 0.717) is 18.8 Å². The monoisotopic (exact) mass is 344 g/mol. The Hall–Kier alpha value is -2.15. The third-order valence-electron chi connectivity index (χ3n) is 5.11. The maximum atomic E-state index is 12.8. The summed E-state index contributed by atoms with van der Waals surface area (Å²) in [5, 5.41) is 9.36. The van der Waals surface area contributed by atoms with E-state index in [0.717, 1.165) is 36.4 Å². The van der Waals surface area contributed by atoms with Crippen molar-refractivity contribution >= 4 is 23.2 Å². The van der Waals surface area contributed by atoms with E-state index in [4.69, 9.17) is 0 Å². The van der Waals surface area contributed by atoms with Crippen LogP contribution in [0, 0.1) is 5.41 Å². The molecule has 1 unspecified atom stereocenters. The first-order chi connectivity index (χ1) is 11.6. The highest BCUT2D eigenvalue weighted by Crippen LogP contribution is 2.38. The highest BCUT2D eigenvalue weighted by atomic mass is 32.1. The zero-order chi connectivity index (χ0) is 16.7. The normalized spacial score (nSPS) is 23.7. The average molecular weight is 344 g/mol. The zero-order valence-electron chi connectivity index (χ0n) is 13.6. The Kier molecular flexibility index (Phi) is 3.68. The Morgan fingerprint density at radius 1 is 1.42 bits per heavy atom. The van der Waals surface area contributed by atoms with Crippen LogP contribution in [-0.2, 0) is 11.8 Å². The van der Waals surface area contributed by atoms with Crippen LogP contribution in [-0.4, -0.2) is 46.1 Å². The number of likely N-dealkylation sites (tertiary alicyclic amines) is 1. The molecule has 2 aromatic heterocycles. The second-order valence-electron chi connectivity index (χ2n) is 6.63. The molecule has 2 aliphatic heterocycles. The Bertz CT molecular complexity index is 783. The van der Waals surface area contributed by atoms with E-state index in [9.17, 15) is 9.59 Å². The van der Waals surface area contributed by atoms with Crippen LogP contribution in [0.2, 0.25) is 0 Å². The lowest BCUT2D eigenvalue weighted by Gasteiger charge is -2.31. The van der Waals surface area contributed by atoms with Crippen molar-refractivity contribution in [2.75, 3.05) is 19.6 Å². The van der Waals surface area contributed by atoms with E-state index < -0.39 is 0 Å². The lowest BCUT2D eigenvalue weighted by molar-refractivity contribution is -0.132. The number of thiophene rings is 1.